The molecule has 0 fully saturated rings. The SMILES string of the molecule is CNC(=O)C(=O)N/N=C\c1ccccc1OCc1ccc(Cl)cc1. The number of amides is 2. The maximum absolute atomic E-state index is 11.3. The smallest absolute Gasteiger partial charge is 0.329 e. The fraction of sp³-hybridized carbons (Fsp3) is 0.118. The van der Waals surface area contributed by atoms with Crippen molar-refractivity contribution in [3.63, 3.8) is 0 Å². The highest BCUT2D eigenvalue weighted by Gasteiger charge is 2.09. The van der Waals surface area contributed by atoms with Gasteiger partial charge in [0.1, 0.15) is 12.4 Å². The van der Waals surface area contributed by atoms with Crippen LogP contribution in [0.2, 0.25) is 5.02 Å². The van der Waals surface area contributed by atoms with Gasteiger partial charge in [0, 0.05) is 17.6 Å². The van der Waals surface area contributed by atoms with Gasteiger partial charge in [-0.3, -0.25) is 9.59 Å². The molecule has 0 spiro atoms. The van der Waals surface area contributed by atoms with E-state index in [1.165, 1.54) is 13.3 Å². The first-order chi connectivity index (χ1) is 11.6. The third-order valence-electron chi connectivity index (χ3n) is 3.03. The molecule has 0 bridgehead atoms. The van der Waals surface area contributed by atoms with Gasteiger partial charge in [0.15, 0.2) is 0 Å². The van der Waals surface area contributed by atoms with Crippen molar-refractivity contribution in [2.45, 2.75) is 6.61 Å². The molecule has 7 heteroatoms. The minimum absolute atomic E-state index is 0.368. The minimum atomic E-state index is -0.840. The number of halogens is 1. The summed E-state index contributed by atoms with van der Waals surface area (Å²) >= 11 is 5.85. The highest BCUT2D eigenvalue weighted by Crippen LogP contribution is 2.18. The second-order valence-electron chi connectivity index (χ2n) is 4.73. The van der Waals surface area contributed by atoms with Gasteiger partial charge in [-0.25, -0.2) is 5.43 Å². The Labute approximate surface area is 144 Å². The number of likely N-dealkylation sites (N-methyl/N-ethyl adjacent to an activating group) is 1. The van der Waals surface area contributed by atoms with Crippen LogP contribution in [-0.4, -0.2) is 25.1 Å². The number of para-hydroxylation sites is 1. The van der Waals surface area contributed by atoms with Crippen molar-refractivity contribution in [1.82, 2.24) is 10.7 Å². The predicted molar refractivity (Wildman–Crippen MR) is 92.0 cm³/mol. The zero-order chi connectivity index (χ0) is 17.4. The monoisotopic (exact) mass is 345 g/mol. The summed E-state index contributed by atoms with van der Waals surface area (Å²) in [5.41, 5.74) is 3.78. The van der Waals surface area contributed by atoms with Crippen LogP contribution in [0.3, 0.4) is 0 Å². The number of hydrogen-bond acceptors (Lipinski definition) is 4. The fourth-order valence-corrected chi connectivity index (χ4v) is 1.91. The van der Waals surface area contributed by atoms with Crippen LogP contribution in [0.5, 0.6) is 5.75 Å². The Bertz CT molecular complexity index is 745. The standard InChI is InChI=1S/C17H16ClN3O3/c1-19-16(22)17(23)21-20-10-13-4-2-3-5-15(13)24-11-12-6-8-14(18)9-7-12/h2-10H,11H2,1H3,(H,19,22)(H,21,23)/b20-10-. The molecule has 124 valence electrons. The largest absolute Gasteiger partial charge is 0.488 e. The second kappa shape index (κ2) is 8.69. The number of nitrogens with zero attached hydrogens (tertiary/aromatic N) is 1. The van der Waals surface area contributed by atoms with Crippen molar-refractivity contribution in [1.29, 1.82) is 0 Å². The van der Waals surface area contributed by atoms with E-state index in [0.717, 1.165) is 5.56 Å². The first kappa shape index (κ1) is 17.5. The average molecular weight is 346 g/mol. The van der Waals surface area contributed by atoms with Gasteiger partial charge in [-0.05, 0) is 29.8 Å². The van der Waals surface area contributed by atoms with E-state index in [9.17, 15) is 9.59 Å². The molecule has 0 aliphatic rings. The zero-order valence-corrected chi connectivity index (χ0v) is 13.7. The molecular formula is C17H16ClN3O3. The lowest BCUT2D eigenvalue weighted by Gasteiger charge is -2.09. The molecule has 2 amide bonds. The second-order valence-corrected chi connectivity index (χ2v) is 5.17. The number of ether oxygens (including phenoxy) is 1. The van der Waals surface area contributed by atoms with Gasteiger partial charge in [0.05, 0.1) is 6.21 Å². The molecule has 24 heavy (non-hydrogen) atoms. The van der Waals surface area contributed by atoms with Crippen molar-refractivity contribution in [3.8, 4) is 5.75 Å². The van der Waals surface area contributed by atoms with Gasteiger partial charge in [-0.15, -0.1) is 0 Å². The van der Waals surface area contributed by atoms with Crippen molar-refractivity contribution in [2.24, 2.45) is 5.10 Å². The summed E-state index contributed by atoms with van der Waals surface area (Å²) in [6.07, 6.45) is 1.41. The van der Waals surface area contributed by atoms with Gasteiger partial charge >= 0.3 is 11.8 Å². The molecule has 0 radical (unpaired) electrons. The molecule has 2 rings (SSSR count). The molecule has 2 N–H and O–H groups in total. The normalized spacial score (nSPS) is 10.4. The Morgan fingerprint density at radius 1 is 1.12 bits per heavy atom. The molecule has 2 aromatic carbocycles. The van der Waals surface area contributed by atoms with E-state index >= 15 is 0 Å². The van der Waals surface area contributed by atoms with E-state index < -0.39 is 11.8 Å². The Morgan fingerprint density at radius 2 is 1.83 bits per heavy atom. The van der Waals surface area contributed by atoms with E-state index in [0.29, 0.717) is 22.9 Å². The zero-order valence-electron chi connectivity index (χ0n) is 13.0. The highest BCUT2D eigenvalue weighted by atomic mass is 35.5. The van der Waals surface area contributed by atoms with E-state index in [-0.39, 0.29) is 0 Å². The molecule has 6 nitrogen and oxygen atoms in total. The Kier molecular flexibility index (Phi) is 6.33. The van der Waals surface area contributed by atoms with Crippen molar-refractivity contribution >= 4 is 29.6 Å². The van der Waals surface area contributed by atoms with E-state index in [1.807, 2.05) is 24.3 Å². The Hall–Kier alpha value is -2.86. The van der Waals surface area contributed by atoms with Crippen molar-refractivity contribution in [3.05, 3.63) is 64.7 Å². The topological polar surface area (TPSA) is 79.8 Å². The van der Waals surface area contributed by atoms with Crippen LogP contribution >= 0.6 is 11.6 Å². The van der Waals surface area contributed by atoms with Gasteiger partial charge < -0.3 is 10.1 Å². The van der Waals surface area contributed by atoms with Crippen LogP contribution in [-0.2, 0) is 16.2 Å². The van der Waals surface area contributed by atoms with Crippen LogP contribution in [0.25, 0.3) is 0 Å². The Morgan fingerprint density at radius 3 is 2.54 bits per heavy atom. The highest BCUT2D eigenvalue weighted by molar-refractivity contribution is 6.35. The van der Waals surface area contributed by atoms with Crippen LogP contribution in [0.4, 0.5) is 0 Å². The molecule has 0 saturated carbocycles. The summed E-state index contributed by atoms with van der Waals surface area (Å²) < 4.78 is 5.76. The average Bonchev–Trinajstić information content (AvgIpc) is 2.61. The lowest BCUT2D eigenvalue weighted by molar-refractivity contribution is -0.138. The summed E-state index contributed by atoms with van der Waals surface area (Å²) in [5.74, 6) is -1.00. The summed E-state index contributed by atoms with van der Waals surface area (Å²) in [5, 5.41) is 6.63. The van der Waals surface area contributed by atoms with Gasteiger partial charge in [0.2, 0.25) is 0 Å². The van der Waals surface area contributed by atoms with Crippen molar-refractivity contribution in [2.75, 3.05) is 7.05 Å². The molecule has 0 unspecified atom stereocenters. The molecule has 0 aromatic heterocycles. The number of nitrogens with one attached hydrogen (secondary N) is 2. The maximum atomic E-state index is 11.3. The van der Waals surface area contributed by atoms with E-state index in [2.05, 4.69) is 15.8 Å². The van der Waals surface area contributed by atoms with Gasteiger partial charge in [-0.2, -0.15) is 5.10 Å². The molecule has 0 aliphatic heterocycles. The first-order valence-corrected chi connectivity index (χ1v) is 7.49. The number of benzene rings is 2. The first-order valence-electron chi connectivity index (χ1n) is 7.11. The Balaban J connectivity index is 2.00. The van der Waals surface area contributed by atoms with Crippen LogP contribution in [0, 0.1) is 0 Å². The van der Waals surface area contributed by atoms with Gasteiger partial charge in [-0.1, -0.05) is 35.9 Å². The minimum Gasteiger partial charge on any atom is -0.488 e. The molecular weight excluding hydrogens is 330 g/mol. The summed E-state index contributed by atoms with van der Waals surface area (Å²) in [4.78, 5) is 22.4. The van der Waals surface area contributed by atoms with Crippen LogP contribution in [0.15, 0.2) is 53.6 Å². The number of rotatable bonds is 5. The van der Waals surface area contributed by atoms with Crippen LogP contribution < -0.4 is 15.5 Å². The third-order valence-corrected chi connectivity index (χ3v) is 3.28. The van der Waals surface area contributed by atoms with Crippen molar-refractivity contribution < 1.29 is 14.3 Å². The fourth-order valence-electron chi connectivity index (χ4n) is 1.79. The molecule has 0 heterocycles. The lowest BCUT2D eigenvalue weighted by Crippen LogP contribution is -2.35. The van der Waals surface area contributed by atoms with Gasteiger partial charge in [0.25, 0.3) is 0 Å². The predicted octanol–water partition coefficient (Wildman–Crippen LogP) is 2.12. The molecule has 0 atom stereocenters. The molecule has 0 saturated heterocycles. The summed E-state index contributed by atoms with van der Waals surface area (Å²) in [6, 6.07) is 14.6. The number of carbonyl (C=O) groups excluding carboxylic acids is 2. The summed E-state index contributed by atoms with van der Waals surface area (Å²) in [7, 11) is 1.37. The molecule has 0 aliphatic carbocycles. The third kappa shape index (κ3) is 5.10. The van der Waals surface area contributed by atoms with E-state index in [1.54, 1.807) is 24.3 Å². The number of hydrazone groups is 1. The number of carbonyl (C=O) groups is 2. The quantitative estimate of drug-likeness (QED) is 0.495. The molecule has 2 aromatic rings. The van der Waals surface area contributed by atoms with E-state index in [4.69, 9.17) is 16.3 Å². The van der Waals surface area contributed by atoms with Crippen LogP contribution in [0.1, 0.15) is 11.1 Å². The number of hydrogen-bond donors (Lipinski definition) is 2. The lowest BCUT2D eigenvalue weighted by atomic mass is 10.2. The maximum Gasteiger partial charge on any atom is 0.329 e. The summed E-state index contributed by atoms with van der Waals surface area (Å²) in [6.45, 7) is 0.368.